The number of rotatable bonds is 3. The van der Waals surface area contributed by atoms with Crippen LogP contribution in [-0.2, 0) is 14.5 Å². The molecule has 0 atom stereocenters. The molecule has 1 aromatic carbocycles. The van der Waals surface area contributed by atoms with Crippen molar-refractivity contribution in [2.75, 3.05) is 12.5 Å². The number of fused-ring (bicyclic) bond motifs is 1. The Balaban J connectivity index is 2.33. The first-order chi connectivity index (χ1) is 7.78. The average Bonchev–Trinajstić information content (AvgIpc) is 2.59. The maximum atomic E-state index is 11.2. The Morgan fingerprint density at radius 2 is 1.94 bits per heavy atom. The van der Waals surface area contributed by atoms with Crippen molar-refractivity contribution in [1.29, 1.82) is 0 Å². The summed E-state index contributed by atoms with van der Waals surface area (Å²) in [7, 11) is 1.76. The molecule has 0 saturated carbocycles. The highest BCUT2D eigenvalue weighted by Gasteiger charge is 2.28. The smallest absolute Gasteiger partial charge is 0.233 e. The fourth-order valence-corrected chi connectivity index (χ4v) is 3.68. The lowest BCUT2D eigenvalue weighted by atomic mass is 9.86. The first-order valence-corrected chi connectivity index (χ1v) is 7.58. The summed E-state index contributed by atoms with van der Waals surface area (Å²) < 4.78 is 32.8. The molecule has 0 saturated heterocycles. The molecule has 2 rings (SSSR count). The van der Waals surface area contributed by atoms with E-state index >= 15 is 0 Å². The molecule has 0 radical (unpaired) electrons. The molecule has 0 bridgehead atoms. The molecule has 0 spiro atoms. The minimum atomic E-state index is -3.54. The molecule has 4 nitrogen and oxygen atoms in total. The van der Waals surface area contributed by atoms with E-state index in [4.69, 9.17) is 20.2 Å². The topological polar surface area (TPSA) is 52.6 Å². The van der Waals surface area contributed by atoms with Crippen molar-refractivity contribution in [2.45, 2.75) is 19.3 Å². The second-order valence-electron chi connectivity index (χ2n) is 4.64. The second kappa shape index (κ2) is 4.07. The van der Waals surface area contributed by atoms with Gasteiger partial charge in [-0.3, -0.25) is 0 Å². The summed E-state index contributed by atoms with van der Waals surface area (Å²) >= 11 is 0. The Hall–Kier alpha value is -0.940. The average molecular weight is 277 g/mol. The zero-order valence-electron chi connectivity index (χ0n) is 9.57. The lowest BCUT2D eigenvalue weighted by Crippen LogP contribution is -2.25. The van der Waals surface area contributed by atoms with Gasteiger partial charge >= 0.3 is 0 Å². The van der Waals surface area contributed by atoms with Gasteiger partial charge in [-0.25, -0.2) is 8.42 Å². The number of halogens is 1. The molecule has 1 aromatic rings. The summed E-state index contributed by atoms with van der Waals surface area (Å²) in [5.41, 5.74) is 0.285. The van der Waals surface area contributed by atoms with E-state index in [0.29, 0.717) is 11.5 Å². The predicted octanol–water partition coefficient (Wildman–Crippen LogP) is 2.26. The van der Waals surface area contributed by atoms with Gasteiger partial charge in [-0.2, -0.15) is 0 Å². The van der Waals surface area contributed by atoms with Gasteiger partial charge in [-0.05, 0) is 17.7 Å². The molecular formula is C11H13ClO4S. The van der Waals surface area contributed by atoms with Crippen LogP contribution in [0.5, 0.6) is 11.5 Å². The summed E-state index contributed by atoms with van der Waals surface area (Å²) in [6, 6.07) is 5.40. The third-order valence-corrected chi connectivity index (χ3v) is 4.08. The van der Waals surface area contributed by atoms with Crippen LogP contribution in [-0.4, -0.2) is 21.0 Å². The van der Waals surface area contributed by atoms with E-state index in [9.17, 15) is 8.42 Å². The Morgan fingerprint density at radius 3 is 2.59 bits per heavy atom. The van der Waals surface area contributed by atoms with E-state index in [-0.39, 0.29) is 12.5 Å². The van der Waals surface area contributed by atoms with Crippen molar-refractivity contribution in [2.24, 2.45) is 0 Å². The number of ether oxygens (including phenoxy) is 2. The van der Waals surface area contributed by atoms with E-state index in [1.54, 1.807) is 12.1 Å². The van der Waals surface area contributed by atoms with Gasteiger partial charge in [-0.15, -0.1) is 0 Å². The van der Waals surface area contributed by atoms with Crippen molar-refractivity contribution >= 4 is 19.7 Å². The van der Waals surface area contributed by atoms with Crippen LogP contribution in [0.25, 0.3) is 0 Å². The molecule has 0 aliphatic carbocycles. The Kier molecular flexibility index (Phi) is 2.99. The van der Waals surface area contributed by atoms with Crippen molar-refractivity contribution in [3.63, 3.8) is 0 Å². The van der Waals surface area contributed by atoms with Crippen molar-refractivity contribution in [1.82, 2.24) is 0 Å². The molecular weight excluding hydrogens is 264 g/mol. The number of benzene rings is 1. The molecule has 1 heterocycles. The summed E-state index contributed by atoms with van der Waals surface area (Å²) in [6.07, 6.45) is 0. The van der Waals surface area contributed by atoms with Crippen LogP contribution in [0.3, 0.4) is 0 Å². The minimum Gasteiger partial charge on any atom is -0.454 e. The molecule has 0 aromatic heterocycles. The van der Waals surface area contributed by atoms with Gasteiger partial charge in [0.05, 0.1) is 5.75 Å². The van der Waals surface area contributed by atoms with Crippen LogP contribution in [0.1, 0.15) is 19.4 Å². The lowest BCUT2D eigenvalue weighted by molar-refractivity contribution is 0.174. The first-order valence-electron chi connectivity index (χ1n) is 5.10. The molecule has 17 heavy (non-hydrogen) atoms. The normalized spacial score (nSPS) is 15.0. The largest absolute Gasteiger partial charge is 0.454 e. The van der Waals surface area contributed by atoms with E-state index in [0.717, 1.165) is 5.56 Å². The Labute approximate surface area is 105 Å². The fraction of sp³-hybridized carbons (Fsp3) is 0.455. The molecule has 94 valence electrons. The van der Waals surface area contributed by atoms with Gasteiger partial charge in [-0.1, -0.05) is 19.9 Å². The highest BCUT2D eigenvalue weighted by molar-refractivity contribution is 8.13. The Bertz CT molecular complexity index is 536. The van der Waals surface area contributed by atoms with E-state index in [1.807, 2.05) is 19.9 Å². The summed E-state index contributed by atoms with van der Waals surface area (Å²) in [4.78, 5) is 0. The molecule has 0 fully saturated rings. The van der Waals surface area contributed by atoms with Gasteiger partial charge in [0.2, 0.25) is 15.8 Å². The van der Waals surface area contributed by atoms with E-state index in [2.05, 4.69) is 0 Å². The zero-order chi connectivity index (χ0) is 12.7. The quantitative estimate of drug-likeness (QED) is 0.795. The predicted molar refractivity (Wildman–Crippen MR) is 65.2 cm³/mol. The van der Waals surface area contributed by atoms with Gasteiger partial charge in [0.15, 0.2) is 11.5 Å². The van der Waals surface area contributed by atoms with Gasteiger partial charge < -0.3 is 9.47 Å². The van der Waals surface area contributed by atoms with Crippen LogP contribution in [0, 0.1) is 0 Å². The van der Waals surface area contributed by atoms with Crippen LogP contribution >= 0.6 is 10.7 Å². The van der Waals surface area contributed by atoms with Crippen LogP contribution in [0.2, 0.25) is 0 Å². The van der Waals surface area contributed by atoms with E-state index in [1.165, 1.54) is 0 Å². The van der Waals surface area contributed by atoms with E-state index < -0.39 is 14.5 Å². The summed E-state index contributed by atoms with van der Waals surface area (Å²) in [6.45, 7) is 3.85. The van der Waals surface area contributed by atoms with Gasteiger partial charge in [0, 0.05) is 16.1 Å². The number of hydrogen-bond donors (Lipinski definition) is 0. The van der Waals surface area contributed by atoms with Gasteiger partial charge in [0.1, 0.15) is 0 Å². The maximum absolute atomic E-state index is 11.2. The molecule has 6 heteroatoms. The maximum Gasteiger partial charge on any atom is 0.233 e. The fourth-order valence-electron chi connectivity index (χ4n) is 1.83. The molecule has 0 amide bonds. The van der Waals surface area contributed by atoms with Crippen molar-refractivity contribution in [3.05, 3.63) is 23.8 Å². The second-order valence-corrected chi connectivity index (χ2v) is 7.41. The number of hydrogen-bond acceptors (Lipinski definition) is 4. The standard InChI is InChI=1S/C11H13ClO4S/c1-11(2,6-17(12,13)14)8-3-4-9-10(5-8)16-7-15-9/h3-5H,6-7H2,1-2H3. The zero-order valence-corrected chi connectivity index (χ0v) is 11.1. The molecule has 1 aliphatic rings. The monoisotopic (exact) mass is 276 g/mol. The third-order valence-electron chi connectivity index (χ3n) is 2.69. The van der Waals surface area contributed by atoms with Crippen molar-refractivity contribution in [3.8, 4) is 11.5 Å². The highest BCUT2D eigenvalue weighted by atomic mass is 35.7. The first kappa shape index (κ1) is 12.5. The third kappa shape index (κ3) is 2.84. The van der Waals surface area contributed by atoms with Crippen LogP contribution < -0.4 is 9.47 Å². The van der Waals surface area contributed by atoms with Crippen LogP contribution in [0.15, 0.2) is 18.2 Å². The molecule has 1 aliphatic heterocycles. The summed E-state index contributed by atoms with van der Waals surface area (Å²) in [5, 5.41) is 0. The van der Waals surface area contributed by atoms with Crippen LogP contribution in [0.4, 0.5) is 0 Å². The SMILES string of the molecule is CC(C)(CS(=O)(=O)Cl)c1ccc2c(c1)OCO2. The van der Waals surface area contributed by atoms with Crippen molar-refractivity contribution < 1.29 is 17.9 Å². The highest BCUT2D eigenvalue weighted by Crippen LogP contribution is 2.37. The van der Waals surface area contributed by atoms with Gasteiger partial charge in [0.25, 0.3) is 0 Å². The summed E-state index contributed by atoms with van der Waals surface area (Å²) in [5.74, 6) is 1.20. The molecule has 0 N–H and O–H groups in total. The lowest BCUT2D eigenvalue weighted by Gasteiger charge is -2.23. The molecule has 0 unspecified atom stereocenters. The minimum absolute atomic E-state index is 0.124. The Morgan fingerprint density at radius 1 is 1.29 bits per heavy atom.